The summed E-state index contributed by atoms with van der Waals surface area (Å²) in [4.78, 5) is 2.38. The number of benzene rings is 1. The lowest BCUT2D eigenvalue weighted by Gasteiger charge is -2.28. The second-order valence-corrected chi connectivity index (χ2v) is 4.71. The van der Waals surface area contributed by atoms with Crippen LogP contribution in [0.1, 0.15) is 26.2 Å². The fourth-order valence-electron chi connectivity index (χ4n) is 2.18. The average Bonchev–Trinajstić information content (AvgIpc) is 2.45. The summed E-state index contributed by atoms with van der Waals surface area (Å²) in [6.45, 7) is 6.98. The summed E-state index contributed by atoms with van der Waals surface area (Å²) in [6.07, 6.45) is 3.62. The van der Waals surface area contributed by atoms with Gasteiger partial charge in [-0.05, 0) is 18.6 Å². The normalized spacial score (nSPS) is 15.7. The Morgan fingerprint density at radius 1 is 1.22 bits per heavy atom. The Labute approximate surface area is 110 Å². The maximum atomic E-state index is 5.79. The Kier molecular flexibility index (Phi) is 5.34. The minimum Gasteiger partial charge on any atom is -0.494 e. The maximum absolute atomic E-state index is 5.79. The maximum Gasteiger partial charge on any atom is 0.121 e. The molecule has 0 aliphatic carbocycles. The minimum atomic E-state index is 0.826. The number of unbranched alkanes of at least 4 members (excludes halogenated alkanes) is 2. The van der Waals surface area contributed by atoms with Gasteiger partial charge in [0.1, 0.15) is 5.75 Å². The second-order valence-electron chi connectivity index (χ2n) is 4.71. The molecule has 0 unspecified atom stereocenters. The molecular formula is C15H23N2O. The predicted octanol–water partition coefficient (Wildman–Crippen LogP) is 2.68. The van der Waals surface area contributed by atoms with E-state index in [-0.39, 0.29) is 0 Å². The highest BCUT2D eigenvalue weighted by molar-refractivity contribution is 5.51. The Hall–Kier alpha value is -1.22. The number of ether oxygens (including phenoxy) is 1. The summed E-state index contributed by atoms with van der Waals surface area (Å²) in [6, 6.07) is 8.43. The van der Waals surface area contributed by atoms with Gasteiger partial charge in [-0.15, -0.1) is 0 Å². The lowest BCUT2D eigenvalue weighted by Crippen LogP contribution is -2.40. The lowest BCUT2D eigenvalue weighted by molar-refractivity contribution is 0.306. The lowest BCUT2D eigenvalue weighted by atomic mass is 10.2. The Bertz CT molecular complexity index is 348. The molecular weight excluding hydrogens is 224 g/mol. The summed E-state index contributed by atoms with van der Waals surface area (Å²) in [7, 11) is 0. The van der Waals surface area contributed by atoms with Gasteiger partial charge in [0.05, 0.1) is 6.61 Å². The number of hydrogen-bond donors (Lipinski definition) is 0. The van der Waals surface area contributed by atoms with Gasteiger partial charge >= 0.3 is 0 Å². The molecule has 1 aliphatic heterocycles. The third-order valence-corrected chi connectivity index (χ3v) is 3.26. The summed E-state index contributed by atoms with van der Waals surface area (Å²) in [5.41, 5.74) is 1.26. The SMILES string of the molecule is CCCCCOc1cccc(N2CC[N]CC2)c1. The first-order valence-corrected chi connectivity index (χ1v) is 7.01. The zero-order valence-electron chi connectivity index (χ0n) is 11.3. The van der Waals surface area contributed by atoms with Crippen molar-refractivity contribution in [3.63, 3.8) is 0 Å². The van der Waals surface area contributed by atoms with E-state index in [0.717, 1.165) is 45.0 Å². The number of anilines is 1. The van der Waals surface area contributed by atoms with Crippen LogP contribution < -0.4 is 15.0 Å². The third kappa shape index (κ3) is 3.91. The highest BCUT2D eigenvalue weighted by atomic mass is 16.5. The summed E-state index contributed by atoms with van der Waals surface area (Å²) in [5, 5.41) is 4.37. The van der Waals surface area contributed by atoms with Crippen molar-refractivity contribution in [2.75, 3.05) is 37.7 Å². The molecule has 1 aromatic rings. The molecule has 1 fully saturated rings. The third-order valence-electron chi connectivity index (χ3n) is 3.26. The van der Waals surface area contributed by atoms with Crippen molar-refractivity contribution in [1.82, 2.24) is 5.32 Å². The van der Waals surface area contributed by atoms with Crippen LogP contribution in [0, 0.1) is 0 Å². The van der Waals surface area contributed by atoms with Gasteiger partial charge in [0.2, 0.25) is 0 Å². The first-order chi connectivity index (χ1) is 8.90. The fraction of sp³-hybridized carbons (Fsp3) is 0.600. The largest absolute Gasteiger partial charge is 0.494 e. The minimum absolute atomic E-state index is 0.826. The molecule has 2 rings (SSSR count). The molecule has 0 saturated carbocycles. The highest BCUT2D eigenvalue weighted by Gasteiger charge is 2.11. The van der Waals surface area contributed by atoms with Gasteiger partial charge in [0, 0.05) is 37.9 Å². The van der Waals surface area contributed by atoms with Crippen molar-refractivity contribution in [2.45, 2.75) is 26.2 Å². The van der Waals surface area contributed by atoms with Crippen LogP contribution in [-0.2, 0) is 0 Å². The number of piperazine rings is 1. The van der Waals surface area contributed by atoms with E-state index in [1.54, 1.807) is 0 Å². The summed E-state index contributed by atoms with van der Waals surface area (Å²) >= 11 is 0. The molecule has 0 atom stereocenters. The van der Waals surface area contributed by atoms with Gasteiger partial charge in [-0.2, -0.15) is 0 Å². The first kappa shape index (κ1) is 13.2. The topological polar surface area (TPSA) is 26.6 Å². The molecule has 0 bridgehead atoms. The van der Waals surface area contributed by atoms with E-state index in [4.69, 9.17) is 4.74 Å². The van der Waals surface area contributed by atoms with Crippen molar-refractivity contribution < 1.29 is 4.74 Å². The molecule has 1 aliphatic rings. The second kappa shape index (κ2) is 7.27. The Balaban J connectivity index is 1.88. The van der Waals surface area contributed by atoms with Crippen LogP contribution >= 0.6 is 0 Å². The van der Waals surface area contributed by atoms with E-state index in [1.165, 1.54) is 18.5 Å². The van der Waals surface area contributed by atoms with E-state index >= 15 is 0 Å². The molecule has 0 spiro atoms. The van der Waals surface area contributed by atoms with E-state index in [2.05, 4.69) is 35.3 Å². The van der Waals surface area contributed by atoms with Crippen LogP contribution in [-0.4, -0.2) is 32.8 Å². The van der Waals surface area contributed by atoms with Gasteiger partial charge in [-0.1, -0.05) is 25.8 Å². The number of hydrogen-bond acceptors (Lipinski definition) is 2. The average molecular weight is 247 g/mol. The zero-order chi connectivity index (χ0) is 12.6. The molecule has 3 heteroatoms. The predicted molar refractivity (Wildman–Crippen MR) is 75.5 cm³/mol. The Morgan fingerprint density at radius 2 is 2.06 bits per heavy atom. The first-order valence-electron chi connectivity index (χ1n) is 7.01. The van der Waals surface area contributed by atoms with E-state index in [9.17, 15) is 0 Å². The van der Waals surface area contributed by atoms with Crippen LogP contribution in [0.3, 0.4) is 0 Å². The van der Waals surface area contributed by atoms with Gasteiger partial charge < -0.3 is 9.64 Å². The quantitative estimate of drug-likeness (QED) is 0.723. The molecule has 18 heavy (non-hydrogen) atoms. The Morgan fingerprint density at radius 3 is 2.83 bits per heavy atom. The number of nitrogens with zero attached hydrogens (tertiary/aromatic N) is 2. The molecule has 1 heterocycles. The monoisotopic (exact) mass is 247 g/mol. The van der Waals surface area contributed by atoms with Gasteiger partial charge in [0.25, 0.3) is 0 Å². The molecule has 3 nitrogen and oxygen atoms in total. The molecule has 1 aromatic carbocycles. The molecule has 99 valence electrons. The standard InChI is InChI=1S/C15H23N2O/c1-2-3-4-12-18-15-7-5-6-14(13-15)17-10-8-16-9-11-17/h5-7,13H,2-4,8-12H2,1H3. The van der Waals surface area contributed by atoms with Crippen LogP contribution in [0.5, 0.6) is 5.75 Å². The molecule has 1 saturated heterocycles. The van der Waals surface area contributed by atoms with Crippen LogP contribution in [0.25, 0.3) is 0 Å². The highest BCUT2D eigenvalue weighted by Crippen LogP contribution is 2.21. The van der Waals surface area contributed by atoms with E-state index in [0.29, 0.717) is 0 Å². The smallest absolute Gasteiger partial charge is 0.121 e. The van der Waals surface area contributed by atoms with Crippen molar-refractivity contribution in [3.8, 4) is 5.75 Å². The van der Waals surface area contributed by atoms with Crippen molar-refractivity contribution >= 4 is 5.69 Å². The molecule has 0 N–H and O–H groups in total. The molecule has 1 radical (unpaired) electrons. The summed E-state index contributed by atoms with van der Waals surface area (Å²) in [5.74, 6) is 0.992. The van der Waals surface area contributed by atoms with Gasteiger partial charge in [-0.25, -0.2) is 5.32 Å². The summed E-state index contributed by atoms with van der Waals surface area (Å²) < 4.78 is 5.79. The fourth-order valence-corrected chi connectivity index (χ4v) is 2.18. The molecule has 0 amide bonds. The van der Waals surface area contributed by atoms with Crippen molar-refractivity contribution in [2.24, 2.45) is 0 Å². The van der Waals surface area contributed by atoms with Crippen molar-refractivity contribution in [3.05, 3.63) is 24.3 Å². The van der Waals surface area contributed by atoms with Crippen LogP contribution in [0.15, 0.2) is 24.3 Å². The van der Waals surface area contributed by atoms with E-state index in [1.807, 2.05) is 6.07 Å². The van der Waals surface area contributed by atoms with Crippen LogP contribution in [0.4, 0.5) is 5.69 Å². The van der Waals surface area contributed by atoms with Crippen LogP contribution in [0.2, 0.25) is 0 Å². The van der Waals surface area contributed by atoms with E-state index < -0.39 is 0 Å². The van der Waals surface area contributed by atoms with Gasteiger partial charge in [-0.3, -0.25) is 0 Å². The van der Waals surface area contributed by atoms with Gasteiger partial charge in [0.15, 0.2) is 0 Å². The molecule has 0 aromatic heterocycles. The zero-order valence-corrected chi connectivity index (χ0v) is 11.3. The van der Waals surface area contributed by atoms with Crippen molar-refractivity contribution in [1.29, 1.82) is 0 Å². The number of rotatable bonds is 6.